The summed E-state index contributed by atoms with van der Waals surface area (Å²) >= 11 is 0. The molecule has 2 nitrogen and oxygen atoms in total. The van der Waals surface area contributed by atoms with Gasteiger partial charge in [-0.15, -0.1) is 0 Å². The molecule has 3 atom stereocenters. The summed E-state index contributed by atoms with van der Waals surface area (Å²) in [5.74, 6) is 0.981. The van der Waals surface area contributed by atoms with Gasteiger partial charge < -0.3 is 5.32 Å². The Morgan fingerprint density at radius 3 is 2.38 bits per heavy atom. The molecule has 3 unspecified atom stereocenters. The lowest BCUT2D eigenvalue weighted by Gasteiger charge is -2.48. The zero-order valence-corrected chi connectivity index (χ0v) is 15.0. The Hall–Kier alpha value is -0.0800. The first-order valence-electron chi connectivity index (χ1n) is 9.59. The molecule has 0 aromatic carbocycles. The molecule has 2 rings (SSSR count). The van der Waals surface area contributed by atoms with Crippen molar-refractivity contribution in [2.24, 2.45) is 11.3 Å². The first kappa shape index (κ1) is 17.3. The Kier molecular flexibility index (Phi) is 6.55. The maximum atomic E-state index is 3.79. The average molecular weight is 295 g/mol. The number of nitrogens with zero attached hydrogens (tertiary/aromatic N) is 1. The lowest BCUT2D eigenvalue weighted by molar-refractivity contribution is 0.0365. The van der Waals surface area contributed by atoms with E-state index in [9.17, 15) is 0 Å². The highest BCUT2D eigenvalue weighted by atomic mass is 15.2. The number of likely N-dealkylation sites (N-methyl/N-ethyl adjacent to an activating group) is 1. The molecule has 1 saturated heterocycles. The minimum Gasteiger partial charge on any atom is -0.313 e. The van der Waals surface area contributed by atoms with Crippen molar-refractivity contribution in [1.29, 1.82) is 0 Å². The molecule has 21 heavy (non-hydrogen) atoms. The number of hydrogen-bond donors (Lipinski definition) is 1. The highest BCUT2D eigenvalue weighted by molar-refractivity contribution is 4.94. The average Bonchev–Trinajstić information content (AvgIpc) is 2.50. The fourth-order valence-electron chi connectivity index (χ4n) is 4.55. The van der Waals surface area contributed by atoms with Gasteiger partial charge in [-0.1, -0.05) is 47.0 Å². The van der Waals surface area contributed by atoms with Crippen LogP contribution >= 0.6 is 0 Å². The van der Waals surface area contributed by atoms with Gasteiger partial charge in [0.05, 0.1) is 0 Å². The van der Waals surface area contributed by atoms with E-state index in [1.807, 2.05) is 0 Å². The van der Waals surface area contributed by atoms with Gasteiger partial charge in [-0.2, -0.15) is 0 Å². The molecule has 0 radical (unpaired) electrons. The topological polar surface area (TPSA) is 15.3 Å². The van der Waals surface area contributed by atoms with Crippen molar-refractivity contribution in [3.8, 4) is 0 Å². The molecule has 1 heterocycles. The molecular formula is C19H38N2. The third kappa shape index (κ3) is 4.45. The van der Waals surface area contributed by atoms with Gasteiger partial charge in [0.2, 0.25) is 0 Å². The molecule has 0 aromatic heterocycles. The van der Waals surface area contributed by atoms with Gasteiger partial charge in [0.25, 0.3) is 0 Å². The van der Waals surface area contributed by atoms with Gasteiger partial charge in [-0.3, -0.25) is 4.90 Å². The quantitative estimate of drug-likeness (QED) is 0.779. The van der Waals surface area contributed by atoms with Crippen LogP contribution in [0, 0.1) is 11.3 Å². The fourth-order valence-corrected chi connectivity index (χ4v) is 4.55. The molecule has 0 aromatic rings. The van der Waals surface area contributed by atoms with E-state index in [4.69, 9.17) is 0 Å². The molecular weight excluding hydrogens is 256 g/mol. The predicted molar refractivity (Wildman–Crippen MR) is 92.7 cm³/mol. The van der Waals surface area contributed by atoms with Crippen LogP contribution in [-0.4, -0.2) is 36.6 Å². The molecule has 1 aliphatic heterocycles. The summed E-state index contributed by atoms with van der Waals surface area (Å²) in [4.78, 5) is 2.84. The highest BCUT2D eigenvalue weighted by Gasteiger charge is 2.37. The molecule has 1 saturated carbocycles. The van der Waals surface area contributed by atoms with Gasteiger partial charge in [0.1, 0.15) is 0 Å². The number of hydrogen-bond acceptors (Lipinski definition) is 2. The molecule has 124 valence electrons. The van der Waals surface area contributed by atoms with Crippen molar-refractivity contribution < 1.29 is 0 Å². The number of piperidine rings is 1. The zero-order chi connectivity index (χ0) is 15.3. The molecule has 0 bridgehead atoms. The van der Waals surface area contributed by atoms with E-state index in [0.29, 0.717) is 5.41 Å². The Balaban J connectivity index is 1.96. The third-order valence-electron chi connectivity index (χ3n) is 6.42. The SMILES string of the molecule is CCCC1CCC(NCC)C(N2CCC(C)(CC)CC2)C1. The summed E-state index contributed by atoms with van der Waals surface area (Å²) in [6, 6.07) is 1.55. The Morgan fingerprint density at radius 2 is 1.81 bits per heavy atom. The first-order valence-corrected chi connectivity index (χ1v) is 9.59. The summed E-state index contributed by atoms with van der Waals surface area (Å²) in [6.07, 6.45) is 11.2. The second kappa shape index (κ2) is 7.97. The van der Waals surface area contributed by atoms with E-state index < -0.39 is 0 Å². The lowest BCUT2D eigenvalue weighted by Crippen LogP contribution is -2.56. The van der Waals surface area contributed by atoms with E-state index in [2.05, 4.69) is 37.9 Å². The summed E-state index contributed by atoms with van der Waals surface area (Å²) in [5, 5.41) is 3.79. The van der Waals surface area contributed by atoms with Crippen LogP contribution in [0.15, 0.2) is 0 Å². The maximum absolute atomic E-state index is 3.79. The normalized spacial score (nSPS) is 34.0. The van der Waals surface area contributed by atoms with Crippen molar-refractivity contribution in [2.45, 2.75) is 91.1 Å². The van der Waals surface area contributed by atoms with Crippen molar-refractivity contribution in [2.75, 3.05) is 19.6 Å². The zero-order valence-electron chi connectivity index (χ0n) is 15.0. The van der Waals surface area contributed by atoms with Gasteiger partial charge in [0.15, 0.2) is 0 Å². The molecule has 2 heteroatoms. The minimum absolute atomic E-state index is 0.613. The second-order valence-electron chi connectivity index (χ2n) is 7.90. The van der Waals surface area contributed by atoms with Crippen LogP contribution < -0.4 is 5.32 Å². The molecule has 0 spiro atoms. The van der Waals surface area contributed by atoms with E-state index in [-0.39, 0.29) is 0 Å². The van der Waals surface area contributed by atoms with Crippen LogP contribution in [0.5, 0.6) is 0 Å². The van der Waals surface area contributed by atoms with Crippen LogP contribution in [0.3, 0.4) is 0 Å². The maximum Gasteiger partial charge on any atom is 0.0251 e. The summed E-state index contributed by atoms with van der Waals surface area (Å²) in [6.45, 7) is 13.3. The van der Waals surface area contributed by atoms with Gasteiger partial charge in [0, 0.05) is 12.1 Å². The number of rotatable bonds is 6. The largest absolute Gasteiger partial charge is 0.313 e. The predicted octanol–water partition coefficient (Wildman–Crippen LogP) is 4.45. The molecule has 1 aliphatic carbocycles. The van der Waals surface area contributed by atoms with Gasteiger partial charge >= 0.3 is 0 Å². The first-order chi connectivity index (χ1) is 10.1. The van der Waals surface area contributed by atoms with Gasteiger partial charge in [-0.05, 0) is 63.1 Å². The molecule has 1 N–H and O–H groups in total. The van der Waals surface area contributed by atoms with Gasteiger partial charge in [-0.25, -0.2) is 0 Å². The monoisotopic (exact) mass is 294 g/mol. The van der Waals surface area contributed by atoms with Crippen molar-refractivity contribution >= 4 is 0 Å². The highest BCUT2D eigenvalue weighted by Crippen LogP contribution is 2.38. The van der Waals surface area contributed by atoms with E-state index in [0.717, 1.165) is 24.5 Å². The van der Waals surface area contributed by atoms with E-state index >= 15 is 0 Å². The summed E-state index contributed by atoms with van der Waals surface area (Å²) in [7, 11) is 0. The second-order valence-corrected chi connectivity index (χ2v) is 7.90. The lowest BCUT2D eigenvalue weighted by atomic mass is 9.75. The standard InChI is InChI=1S/C19H38N2/c1-5-8-16-9-10-17(20-7-3)18(15-16)21-13-11-19(4,6-2)12-14-21/h16-18,20H,5-15H2,1-4H3. The van der Waals surface area contributed by atoms with Crippen LogP contribution in [0.1, 0.15) is 79.1 Å². The molecule has 2 fully saturated rings. The van der Waals surface area contributed by atoms with Crippen molar-refractivity contribution in [3.63, 3.8) is 0 Å². The van der Waals surface area contributed by atoms with Crippen LogP contribution in [0.2, 0.25) is 0 Å². The summed E-state index contributed by atoms with van der Waals surface area (Å²) < 4.78 is 0. The van der Waals surface area contributed by atoms with Crippen LogP contribution in [-0.2, 0) is 0 Å². The third-order valence-corrected chi connectivity index (χ3v) is 6.42. The van der Waals surface area contributed by atoms with Crippen molar-refractivity contribution in [1.82, 2.24) is 10.2 Å². The Labute approximate surface area is 133 Å². The Morgan fingerprint density at radius 1 is 1.10 bits per heavy atom. The van der Waals surface area contributed by atoms with E-state index in [1.54, 1.807) is 0 Å². The van der Waals surface area contributed by atoms with Crippen LogP contribution in [0.4, 0.5) is 0 Å². The molecule has 0 amide bonds. The Bertz CT molecular complexity index is 294. The molecule has 2 aliphatic rings. The summed E-state index contributed by atoms with van der Waals surface area (Å²) in [5.41, 5.74) is 0.613. The smallest absolute Gasteiger partial charge is 0.0251 e. The van der Waals surface area contributed by atoms with E-state index in [1.165, 1.54) is 64.5 Å². The minimum atomic E-state index is 0.613. The number of nitrogens with one attached hydrogen (secondary N) is 1. The fraction of sp³-hybridized carbons (Fsp3) is 1.00. The van der Waals surface area contributed by atoms with Crippen molar-refractivity contribution in [3.05, 3.63) is 0 Å². The van der Waals surface area contributed by atoms with Crippen LogP contribution in [0.25, 0.3) is 0 Å². The number of likely N-dealkylation sites (tertiary alicyclic amines) is 1.